The Morgan fingerprint density at radius 2 is 1.90 bits per heavy atom. The monoisotopic (exact) mass is 336 g/mol. The van der Waals surface area contributed by atoms with Gasteiger partial charge in [0.2, 0.25) is 5.89 Å². The first-order chi connectivity index (χ1) is 9.26. The lowest BCUT2D eigenvalue weighted by atomic mass is 9.96. The highest BCUT2D eigenvalue weighted by Crippen LogP contribution is 2.34. The van der Waals surface area contributed by atoms with Crippen molar-refractivity contribution in [2.24, 2.45) is 11.7 Å². The van der Waals surface area contributed by atoms with Crippen LogP contribution in [0.25, 0.3) is 0 Å². The molecule has 2 heterocycles. The van der Waals surface area contributed by atoms with Crippen molar-refractivity contribution in [2.75, 3.05) is 13.1 Å². The zero-order chi connectivity index (χ0) is 13.1. The molecule has 1 aliphatic carbocycles. The van der Waals surface area contributed by atoms with Crippen molar-refractivity contribution >= 4 is 24.8 Å². The fourth-order valence-electron chi connectivity index (χ4n) is 3.31. The zero-order valence-corrected chi connectivity index (χ0v) is 14.0. The summed E-state index contributed by atoms with van der Waals surface area (Å²) in [7, 11) is 0. The first kappa shape index (κ1) is 18.7. The van der Waals surface area contributed by atoms with Gasteiger partial charge in [0.05, 0.1) is 5.54 Å². The fraction of sp³-hybridized carbons (Fsp3) is 0.857. The largest absolute Gasteiger partial charge is 0.339 e. The number of rotatable bonds is 3. The Morgan fingerprint density at radius 3 is 2.67 bits per heavy atom. The summed E-state index contributed by atoms with van der Waals surface area (Å²) in [5.74, 6) is 2.17. The van der Waals surface area contributed by atoms with E-state index in [-0.39, 0.29) is 30.4 Å². The summed E-state index contributed by atoms with van der Waals surface area (Å²) in [6.07, 6.45) is 8.92. The van der Waals surface area contributed by atoms with Gasteiger partial charge < -0.3 is 15.6 Å². The third-order valence-electron chi connectivity index (χ3n) is 4.57. The molecule has 2 fully saturated rings. The highest BCUT2D eigenvalue weighted by Gasteiger charge is 2.36. The first-order valence-corrected chi connectivity index (χ1v) is 7.59. The Balaban J connectivity index is 0.00000110. The van der Waals surface area contributed by atoms with E-state index in [0.29, 0.717) is 5.92 Å². The van der Waals surface area contributed by atoms with E-state index in [1.165, 1.54) is 32.1 Å². The van der Waals surface area contributed by atoms with Gasteiger partial charge in [0.1, 0.15) is 0 Å². The van der Waals surface area contributed by atoms with Crippen molar-refractivity contribution in [3.8, 4) is 0 Å². The van der Waals surface area contributed by atoms with Gasteiger partial charge in [-0.3, -0.25) is 0 Å². The maximum Gasteiger partial charge on any atom is 0.226 e. The first-order valence-electron chi connectivity index (χ1n) is 7.59. The second-order valence-electron chi connectivity index (χ2n) is 6.13. The molecule has 21 heavy (non-hydrogen) atoms. The fourth-order valence-corrected chi connectivity index (χ4v) is 3.31. The number of nitrogens with one attached hydrogen (secondary N) is 1. The molecule has 1 aromatic heterocycles. The SMILES string of the molecule is Cl.Cl.NC1(c2noc(CC3CCCNCC3)n2)CCCC1. The van der Waals surface area contributed by atoms with E-state index >= 15 is 0 Å². The average Bonchev–Trinajstić information content (AvgIpc) is 2.96. The molecule has 3 N–H and O–H groups in total. The van der Waals surface area contributed by atoms with Crippen LogP contribution in [0.2, 0.25) is 0 Å². The molecule has 1 saturated heterocycles. The minimum absolute atomic E-state index is 0. The summed E-state index contributed by atoms with van der Waals surface area (Å²) in [4.78, 5) is 4.57. The van der Waals surface area contributed by atoms with Crippen LogP contribution in [0.4, 0.5) is 0 Å². The van der Waals surface area contributed by atoms with E-state index in [9.17, 15) is 0 Å². The molecular weight excluding hydrogens is 311 g/mol. The number of hydrogen-bond donors (Lipinski definition) is 2. The summed E-state index contributed by atoms with van der Waals surface area (Å²) in [6, 6.07) is 0. The highest BCUT2D eigenvalue weighted by molar-refractivity contribution is 5.85. The number of halogens is 2. The normalized spacial score (nSPS) is 24.7. The van der Waals surface area contributed by atoms with Gasteiger partial charge in [0.25, 0.3) is 0 Å². The Kier molecular flexibility index (Phi) is 7.40. The minimum atomic E-state index is -0.327. The molecule has 3 rings (SSSR count). The minimum Gasteiger partial charge on any atom is -0.339 e. The van der Waals surface area contributed by atoms with Crippen LogP contribution < -0.4 is 11.1 Å². The third-order valence-corrected chi connectivity index (χ3v) is 4.57. The topological polar surface area (TPSA) is 77.0 Å². The lowest BCUT2D eigenvalue weighted by molar-refractivity contribution is 0.327. The van der Waals surface area contributed by atoms with Crippen LogP contribution >= 0.6 is 24.8 Å². The van der Waals surface area contributed by atoms with E-state index in [2.05, 4.69) is 15.5 Å². The molecule has 5 nitrogen and oxygen atoms in total. The second-order valence-corrected chi connectivity index (χ2v) is 6.13. The summed E-state index contributed by atoms with van der Waals surface area (Å²) in [5, 5.41) is 7.56. The Labute approximate surface area is 138 Å². The summed E-state index contributed by atoms with van der Waals surface area (Å²) in [6.45, 7) is 2.24. The number of nitrogens with zero attached hydrogens (tertiary/aromatic N) is 2. The van der Waals surface area contributed by atoms with Crippen LogP contribution in [0.5, 0.6) is 0 Å². The van der Waals surface area contributed by atoms with Crippen molar-refractivity contribution in [1.82, 2.24) is 15.5 Å². The lowest BCUT2D eigenvalue weighted by Gasteiger charge is -2.17. The molecule has 1 aliphatic heterocycles. The zero-order valence-electron chi connectivity index (χ0n) is 12.3. The van der Waals surface area contributed by atoms with Crippen LogP contribution in [-0.2, 0) is 12.0 Å². The van der Waals surface area contributed by atoms with Gasteiger partial charge >= 0.3 is 0 Å². The standard InChI is InChI=1S/C14H24N4O.2ClH/c15-14(6-1-2-7-14)13-17-12(19-18-13)10-11-4-3-8-16-9-5-11;;/h11,16H,1-10,15H2;2*1H. The molecule has 0 radical (unpaired) electrons. The van der Waals surface area contributed by atoms with Crippen molar-refractivity contribution in [3.63, 3.8) is 0 Å². The van der Waals surface area contributed by atoms with Crippen LogP contribution in [-0.4, -0.2) is 23.2 Å². The predicted octanol–water partition coefficient (Wildman–Crippen LogP) is 2.57. The van der Waals surface area contributed by atoms with Crippen molar-refractivity contribution in [2.45, 2.75) is 56.9 Å². The van der Waals surface area contributed by atoms with Gasteiger partial charge in [0, 0.05) is 6.42 Å². The van der Waals surface area contributed by atoms with Gasteiger partial charge in [-0.25, -0.2) is 0 Å². The second kappa shape index (κ2) is 8.32. The lowest BCUT2D eigenvalue weighted by Crippen LogP contribution is -2.34. The average molecular weight is 337 g/mol. The highest BCUT2D eigenvalue weighted by atomic mass is 35.5. The molecule has 1 saturated carbocycles. The van der Waals surface area contributed by atoms with Crippen molar-refractivity contribution < 1.29 is 4.52 Å². The molecule has 1 unspecified atom stereocenters. The van der Waals surface area contributed by atoms with Gasteiger partial charge in [-0.05, 0) is 51.1 Å². The van der Waals surface area contributed by atoms with Crippen LogP contribution in [0.1, 0.15) is 56.7 Å². The van der Waals surface area contributed by atoms with Crippen LogP contribution in [0.3, 0.4) is 0 Å². The Morgan fingerprint density at radius 1 is 1.14 bits per heavy atom. The predicted molar refractivity (Wildman–Crippen MR) is 87.0 cm³/mol. The molecule has 7 heteroatoms. The maximum atomic E-state index is 6.36. The summed E-state index contributed by atoms with van der Waals surface area (Å²) < 4.78 is 5.42. The number of hydrogen-bond acceptors (Lipinski definition) is 5. The van der Waals surface area contributed by atoms with E-state index in [4.69, 9.17) is 10.3 Å². The summed E-state index contributed by atoms with van der Waals surface area (Å²) >= 11 is 0. The van der Waals surface area contributed by atoms with Gasteiger partial charge in [0.15, 0.2) is 5.82 Å². The van der Waals surface area contributed by atoms with E-state index in [0.717, 1.165) is 44.1 Å². The van der Waals surface area contributed by atoms with Gasteiger partial charge in [-0.1, -0.05) is 18.0 Å². The summed E-state index contributed by atoms with van der Waals surface area (Å²) in [5.41, 5.74) is 6.03. The molecule has 0 spiro atoms. The maximum absolute atomic E-state index is 6.36. The smallest absolute Gasteiger partial charge is 0.226 e. The molecule has 2 aliphatic rings. The quantitative estimate of drug-likeness (QED) is 0.886. The van der Waals surface area contributed by atoms with Crippen LogP contribution in [0, 0.1) is 5.92 Å². The van der Waals surface area contributed by atoms with Gasteiger partial charge in [-0.2, -0.15) is 4.98 Å². The van der Waals surface area contributed by atoms with Gasteiger partial charge in [-0.15, -0.1) is 24.8 Å². The number of aromatic nitrogens is 2. The van der Waals surface area contributed by atoms with Crippen molar-refractivity contribution in [1.29, 1.82) is 0 Å². The Hall–Kier alpha value is -0.360. The molecule has 0 bridgehead atoms. The molecule has 1 atom stereocenters. The van der Waals surface area contributed by atoms with E-state index in [1.807, 2.05) is 0 Å². The Bertz CT molecular complexity index is 413. The van der Waals surface area contributed by atoms with E-state index in [1.54, 1.807) is 0 Å². The molecule has 1 aromatic rings. The van der Waals surface area contributed by atoms with Crippen molar-refractivity contribution in [3.05, 3.63) is 11.7 Å². The van der Waals surface area contributed by atoms with E-state index < -0.39 is 0 Å². The molecule has 0 aromatic carbocycles. The third kappa shape index (κ3) is 4.55. The molecule has 122 valence electrons. The van der Waals surface area contributed by atoms with Crippen LogP contribution in [0.15, 0.2) is 4.52 Å². The molecular formula is C14H26Cl2N4O. The number of nitrogens with two attached hydrogens (primary N) is 1. The molecule has 0 amide bonds.